The van der Waals surface area contributed by atoms with Crippen LogP contribution in [-0.4, -0.2) is 21.3 Å². The summed E-state index contributed by atoms with van der Waals surface area (Å²) in [6.07, 6.45) is 0. The summed E-state index contributed by atoms with van der Waals surface area (Å²) in [6.45, 7) is 9.38. The largest absolute Gasteiger partial charge is 0.465 e. The van der Waals surface area contributed by atoms with Crippen LogP contribution in [0.3, 0.4) is 0 Å². The molecule has 1 atom stereocenters. The molecule has 0 aliphatic carbocycles. The lowest BCUT2D eigenvalue weighted by Crippen LogP contribution is -2.29. The molecular weight excluding hydrogens is 222 g/mol. The van der Waals surface area contributed by atoms with E-state index in [-0.39, 0.29) is 4.75 Å². The van der Waals surface area contributed by atoms with Crippen molar-refractivity contribution in [3.8, 4) is 0 Å². The molecule has 0 fully saturated rings. The Morgan fingerprint density at radius 3 is 2.56 bits per heavy atom. The van der Waals surface area contributed by atoms with E-state index in [1.54, 1.807) is 0 Å². The normalized spacial score (nSPS) is 14.0. The van der Waals surface area contributed by atoms with Gasteiger partial charge in [-0.15, -0.1) is 0 Å². The van der Waals surface area contributed by atoms with Crippen molar-refractivity contribution < 1.29 is 8.63 Å². The highest BCUT2D eigenvalue weighted by molar-refractivity contribution is 7.86. The molecule has 0 radical (unpaired) electrons. The summed E-state index contributed by atoms with van der Waals surface area (Å²) in [6, 6.07) is 3.91. The summed E-state index contributed by atoms with van der Waals surface area (Å²) in [5.41, 5.74) is 0. The first kappa shape index (κ1) is 13.5. The molecule has 0 amide bonds. The fourth-order valence-electron chi connectivity index (χ4n) is 1.26. The zero-order valence-corrected chi connectivity index (χ0v) is 11.3. The van der Waals surface area contributed by atoms with Crippen LogP contribution in [0.2, 0.25) is 0 Å². The Labute approximate surface area is 100 Å². The molecule has 16 heavy (non-hydrogen) atoms. The van der Waals surface area contributed by atoms with Gasteiger partial charge in [0.25, 0.3) is 0 Å². The van der Waals surface area contributed by atoms with E-state index in [1.807, 2.05) is 39.8 Å². The molecule has 1 rings (SSSR count). The van der Waals surface area contributed by atoms with Gasteiger partial charge in [0.15, 0.2) is 0 Å². The third-order valence-corrected chi connectivity index (χ3v) is 4.18. The lowest BCUT2D eigenvalue weighted by atomic mass is 10.3. The summed E-state index contributed by atoms with van der Waals surface area (Å²) < 4.78 is 17.0. The number of nitrogens with one attached hydrogen (secondary N) is 1. The van der Waals surface area contributed by atoms with Crippen LogP contribution < -0.4 is 5.32 Å². The number of hydrogen-bond donors (Lipinski definition) is 1. The first-order valence-electron chi connectivity index (χ1n) is 5.54. The monoisotopic (exact) mass is 243 g/mol. The van der Waals surface area contributed by atoms with Crippen molar-refractivity contribution in [3.63, 3.8) is 0 Å². The van der Waals surface area contributed by atoms with Crippen LogP contribution in [0.15, 0.2) is 16.5 Å². The molecule has 92 valence electrons. The van der Waals surface area contributed by atoms with Crippen LogP contribution >= 0.6 is 0 Å². The Balaban J connectivity index is 2.20. The molecule has 0 saturated heterocycles. The molecule has 4 heteroatoms. The minimum Gasteiger partial charge on any atom is -0.465 e. The molecule has 0 aliphatic rings. The summed E-state index contributed by atoms with van der Waals surface area (Å²) >= 11 is 0. The van der Waals surface area contributed by atoms with Gasteiger partial charge in [-0.05, 0) is 39.8 Å². The Morgan fingerprint density at radius 2 is 2.06 bits per heavy atom. The second kappa shape index (κ2) is 5.64. The molecule has 1 N–H and O–H groups in total. The van der Waals surface area contributed by atoms with E-state index in [0.29, 0.717) is 12.3 Å². The van der Waals surface area contributed by atoms with Gasteiger partial charge in [-0.2, -0.15) is 0 Å². The zero-order chi connectivity index (χ0) is 12.2. The predicted octanol–water partition coefficient (Wildman–Crippen LogP) is 2.22. The molecule has 0 saturated carbocycles. The Kier molecular flexibility index (Phi) is 4.74. The van der Waals surface area contributed by atoms with E-state index in [9.17, 15) is 4.21 Å². The van der Waals surface area contributed by atoms with Gasteiger partial charge in [-0.25, -0.2) is 0 Å². The molecule has 3 nitrogen and oxygen atoms in total. The van der Waals surface area contributed by atoms with Gasteiger partial charge in [-0.1, -0.05) is 0 Å². The van der Waals surface area contributed by atoms with Crippen LogP contribution in [0.25, 0.3) is 0 Å². The maximum Gasteiger partial charge on any atom is 0.117 e. The van der Waals surface area contributed by atoms with Gasteiger partial charge in [0.2, 0.25) is 0 Å². The maximum absolute atomic E-state index is 11.7. The fourth-order valence-corrected chi connectivity index (χ4v) is 2.20. The molecular formula is C12H21NO2S. The lowest BCUT2D eigenvalue weighted by Gasteiger charge is -2.17. The Hall–Kier alpha value is -0.610. The zero-order valence-electron chi connectivity index (χ0n) is 10.5. The average molecular weight is 243 g/mol. The van der Waals surface area contributed by atoms with Crippen LogP contribution in [0.1, 0.15) is 32.3 Å². The second-order valence-corrected chi connectivity index (χ2v) is 7.18. The van der Waals surface area contributed by atoms with Gasteiger partial charge >= 0.3 is 0 Å². The van der Waals surface area contributed by atoms with Gasteiger partial charge in [-0.3, -0.25) is 4.21 Å². The lowest BCUT2D eigenvalue weighted by molar-refractivity contribution is 0.465. The molecule has 0 bridgehead atoms. The van der Waals surface area contributed by atoms with Crippen LogP contribution in [-0.2, 0) is 17.3 Å². The van der Waals surface area contributed by atoms with Gasteiger partial charge < -0.3 is 9.73 Å². The highest BCUT2D eigenvalue weighted by Gasteiger charge is 2.18. The fraction of sp³-hybridized carbons (Fsp3) is 0.667. The quantitative estimate of drug-likeness (QED) is 0.806. The predicted molar refractivity (Wildman–Crippen MR) is 67.9 cm³/mol. The van der Waals surface area contributed by atoms with E-state index in [4.69, 9.17) is 4.42 Å². The SMILES string of the molecule is Cc1ccc(CNCCS(=O)C(C)(C)C)o1. The third-order valence-electron chi connectivity index (χ3n) is 2.24. The van der Waals surface area contributed by atoms with Crippen molar-refractivity contribution in [3.05, 3.63) is 23.7 Å². The molecule has 0 aliphatic heterocycles. The first-order valence-corrected chi connectivity index (χ1v) is 6.86. The van der Waals surface area contributed by atoms with E-state index in [1.165, 1.54) is 0 Å². The van der Waals surface area contributed by atoms with Crippen molar-refractivity contribution in [1.82, 2.24) is 5.32 Å². The van der Waals surface area contributed by atoms with E-state index in [0.717, 1.165) is 18.1 Å². The van der Waals surface area contributed by atoms with Crippen LogP contribution in [0.4, 0.5) is 0 Å². The Bertz CT molecular complexity index is 352. The number of furan rings is 1. The van der Waals surface area contributed by atoms with Crippen LogP contribution in [0, 0.1) is 6.92 Å². The molecule has 1 aromatic rings. The van der Waals surface area contributed by atoms with Crippen molar-refractivity contribution >= 4 is 10.8 Å². The molecule has 0 aromatic carbocycles. The van der Waals surface area contributed by atoms with E-state index >= 15 is 0 Å². The number of hydrogen-bond acceptors (Lipinski definition) is 3. The van der Waals surface area contributed by atoms with Gasteiger partial charge in [0, 0.05) is 27.8 Å². The molecule has 1 heterocycles. The minimum absolute atomic E-state index is 0.122. The third kappa shape index (κ3) is 4.49. The second-order valence-electron chi connectivity index (χ2n) is 4.85. The van der Waals surface area contributed by atoms with Crippen molar-refractivity contribution in [2.45, 2.75) is 39.0 Å². The molecule has 0 spiro atoms. The van der Waals surface area contributed by atoms with Gasteiger partial charge in [0.1, 0.15) is 11.5 Å². The molecule has 1 aromatic heterocycles. The average Bonchev–Trinajstić information content (AvgIpc) is 2.57. The minimum atomic E-state index is -0.783. The summed E-state index contributed by atoms with van der Waals surface area (Å²) in [4.78, 5) is 0. The first-order chi connectivity index (χ1) is 7.39. The highest BCUT2D eigenvalue weighted by atomic mass is 32.2. The smallest absolute Gasteiger partial charge is 0.117 e. The number of rotatable bonds is 5. The van der Waals surface area contributed by atoms with Gasteiger partial charge in [0.05, 0.1) is 6.54 Å². The van der Waals surface area contributed by atoms with E-state index in [2.05, 4.69) is 5.32 Å². The number of aryl methyl sites for hydroxylation is 1. The summed E-state index contributed by atoms with van der Waals surface area (Å²) in [5.74, 6) is 2.54. The van der Waals surface area contributed by atoms with Crippen molar-refractivity contribution in [2.75, 3.05) is 12.3 Å². The Morgan fingerprint density at radius 1 is 1.38 bits per heavy atom. The van der Waals surface area contributed by atoms with E-state index < -0.39 is 10.8 Å². The summed E-state index contributed by atoms with van der Waals surface area (Å²) in [5, 5.41) is 3.23. The standard InChI is InChI=1S/C12H21NO2S/c1-10-5-6-11(15-10)9-13-7-8-16(14)12(2,3)4/h5-6,13H,7-9H2,1-4H3. The molecule has 1 unspecified atom stereocenters. The maximum atomic E-state index is 11.7. The summed E-state index contributed by atoms with van der Waals surface area (Å²) in [7, 11) is -0.783. The van der Waals surface area contributed by atoms with Crippen LogP contribution in [0.5, 0.6) is 0 Å². The van der Waals surface area contributed by atoms with Crippen molar-refractivity contribution in [2.24, 2.45) is 0 Å². The van der Waals surface area contributed by atoms with Crippen molar-refractivity contribution in [1.29, 1.82) is 0 Å². The highest BCUT2D eigenvalue weighted by Crippen LogP contribution is 2.10. The topological polar surface area (TPSA) is 42.2 Å².